The van der Waals surface area contributed by atoms with E-state index in [1.165, 1.54) is 19.5 Å². The fraction of sp³-hybridized carbons (Fsp3) is 0.182. The Labute approximate surface area is 112 Å². The molecule has 104 valence electrons. The van der Waals surface area contributed by atoms with E-state index in [1.807, 2.05) is 0 Å². The number of aliphatic carboxylic acids is 1. The highest BCUT2D eigenvalue weighted by Crippen LogP contribution is 2.16. The minimum atomic E-state index is -1.17. The summed E-state index contributed by atoms with van der Waals surface area (Å²) in [6, 6.07) is 1.47. The second kappa shape index (κ2) is 5.34. The maximum Gasteiger partial charge on any atom is 0.308 e. The molecule has 0 radical (unpaired) electrons. The molecule has 9 heteroatoms. The molecule has 0 aliphatic heterocycles. The van der Waals surface area contributed by atoms with Crippen molar-refractivity contribution >= 4 is 11.8 Å². The van der Waals surface area contributed by atoms with Gasteiger partial charge in [0.25, 0.3) is 5.56 Å². The van der Waals surface area contributed by atoms with Crippen molar-refractivity contribution in [2.75, 3.05) is 12.8 Å². The van der Waals surface area contributed by atoms with Gasteiger partial charge < -0.3 is 20.6 Å². The third-order valence-electron chi connectivity index (χ3n) is 2.47. The number of H-pyrrole nitrogens is 1. The Morgan fingerprint density at radius 1 is 1.50 bits per heavy atom. The average Bonchev–Trinajstić information content (AvgIpc) is 2.42. The third-order valence-corrected chi connectivity index (χ3v) is 2.47. The summed E-state index contributed by atoms with van der Waals surface area (Å²) < 4.78 is 4.93. The number of nitrogens with one attached hydrogen (secondary N) is 1. The zero-order chi connectivity index (χ0) is 14.7. The van der Waals surface area contributed by atoms with Gasteiger partial charge in [0.1, 0.15) is 17.8 Å². The van der Waals surface area contributed by atoms with Crippen LogP contribution in [0.25, 0.3) is 11.5 Å². The van der Waals surface area contributed by atoms with Gasteiger partial charge in [-0.2, -0.15) is 0 Å². The van der Waals surface area contributed by atoms with Crippen molar-refractivity contribution in [1.29, 1.82) is 0 Å². The lowest BCUT2D eigenvalue weighted by Gasteiger charge is -2.05. The number of aromatic nitrogens is 4. The zero-order valence-electron chi connectivity index (χ0n) is 10.5. The van der Waals surface area contributed by atoms with Gasteiger partial charge >= 0.3 is 5.97 Å². The third kappa shape index (κ3) is 2.71. The highest BCUT2D eigenvalue weighted by atomic mass is 16.5. The Morgan fingerprint density at radius 3 is 2.85 bits per heavy atom. The van der Waals surface area contributed by atoms with Crippen LogP contribution < -0.4 is 16.0 Å². The Balaban J connectivity index is 2.49. The highest BCUT2D eigenvalue weighted by Gasteiger charge is 2.14. The van der Waals surface area contributed by atoms with Gasteiger partial charge in [0, 0.05) is 6.07 Å². The molecule has 0 aliphatic carbocycles. The number of carboxylic acids is 1. The average molecular weight is 277 g/mol. The normalized spacial score (nSPS) is 10.2. The number of ether oxygens (including phenoxy) is 1. The van der Waals surface area contributed by atoms with Gasteiger partial charge in [0.2, 0.25) is 5.88 Å². The van der Waals surface area contributed by atoms with E-state index in [2.05, 4.69) is 19.9 Å². The molecule has 0 aromatic carbocycles. The van der Waals surface area contributed by atoms with Crippen LogP contribution in [0.5, 0.6) is 5.88 Å². The summed E-state index contributed by atoms with van der Waals surface area (Å²) in [6.45, 7) is 0. The minimum absolute atomic E-state index is 0.0951. The van der Waals surface area contributed by atoms with Crippen molar-refractivity contribution in [2.45, 2.75) is 6.42 Å². The predicted octanol–water partition coefficient (Wildman–Crippen LogP) is -0.555. The maximum atomic E-state index is 11.8. The summed E-state index contributed by atoms with van der Waals surface area (Å²) in [5, 5.41) is 8.70. The summed E-state index contributed by atoms with van der Waals surface area (Å²) in [6.07, 6.45) is 0.747. The number of rotatable bonds is 4. The first-order chi connectivity index (χ1) is 9.51. The maximum absolute atomic E-state index is 11.8. The lowest BCUT2D eigenvalue weighted by atomic mass is 10.2. The molecule has 0 atom stereocenters. The number of carbonyl (C=O) groups is 1. The van der Waals surface area contributed by atoms with E-state index in [4.69, 9.17) is 15.6 Å². The fourth-order valence-electron chi connectivity index (χ4n) is 1.54. The van der Waals surface area contributed by atoms with Crippen molar-refractivity contribution in [3.8, 4) is 17.4 Å². The van der Waals surface area contributed by atoms with Gasteiger partial charge in [-0.15, -0.1) is 0 Å². The van der Waals surface area contributed by atoms with Crippen molar-refractivity contribution in [1.82, 2.24) is 19.9 Å². The topological polar surface area (TPSA) is 144 Å². The van der Waals surface area contributed by atoms with Gasteiger partial charge in [-0.3, -0.25) is 9.59 Å². The Morgan fingerprint density at radius 2 is 2.25 bits per heavy atom. The van der Waals surface area contributed by atoms with Crippen LogP contribution in [0.2, 0.25) is 0 Å². The van der Waals surface area contributed by atoms with Crippen LogP contribution in [0.1, 0.15) is 5.56 Å². The zero-order valence-corrected chi connectivity index (χ0v) is 10.5. The molecule has 4 N–H and O–H groups in total. The molecule has 2 heterocycles. The molecule has 0 spiro atoms. The number of anilines is 1. The molecule has 0 aliphatic rings. The number of nitrogen functional groups attached to an aromatic ring is 1. The molecule has 0 fully saturated rings. The summed E-state index contributed by atoms with van der Waals surface area (Å²) in [7, 11) is 1.44. The summed E-state index contributed by atoms with van der Waals surface area (Å²) in [4.78, 5) is 36.6. The summed E-state index contributed by atoms with van der Waals surface area (Å²) in [5.74, 6) is -0.905. The molecule has 9 nitrogen and oxygen atoms in total. The standard InChI is InChI=1S/C11H11N5O4/c1-20-7-3-6(13-4-14-7)10-15-9(12)5(2-8(17)18)11(19)16-10/h3-4H,2H2,1H3,(H,17,18)(H3,12,15,16,19). The molecular weight excluding hydrogens is 266 g/mol. The molecule has 0 bridgehead atoms. The first kappa shape index (κ1) is 13.5. The van der Waals surface area contributed by atoms with Crippen LogP contribution in [0.3, 0.4) is 0 Å². The predicted molar refractivity (Wildman–Crippen MR) is 68.2 cm³/mol. The van der Waals surface area contributed by atoms with Gasteiger partial charge in [0.05, 0.1) is 19.1 Å². The molecule has 0 amide bonds. The van der Waals surface area contributed by atoms with Crippen LogP contribution in [-0.4, -0.2) is 38.1 Å². The lowest BCUT2D eigenvalue weighted by molar-refractivity contribution is -0.136. The number of methoxy groups -OCH3 is 1. The van der Waals surface area contributed by atoms with Gasteiger partial charge in [-0.25, -0.2) is 15.0 Å². The second-order valence-corrected chi connectivity index (χ2v) is 3.79. The van der Waals surface area contributed by atoms with E-state index in [9.17, 15) is 9.59 Å². The highest BCUT2D eigenvalue weighted by molar-refractivity contribution is 5.72. The Hall–Kier alpha value is -2.97. The van der Waals surface area contributed by atoms with Crippen LogP contribution >= 0.6 is 0 Å². The quantitative estimate of drug-likeness (QED) is 0.674. The first-order valence-electron chi connectivity index (χ1n) is 5.48. The molecule has 20 heavy (non-hydrogen) atoms. The number of carboxylic acid groups (broad SMARTS) is 1. The van der Waals surface area contributed by atoms with E-state index < -0.39 is 17.9 Å². The second-order valence-electron chi connectivity index (χ2n) is 3.79. The summed E-state index contributed by atoms with van der Waals surface area (Å²) in [5.41, 5.74) is 5.20. The number of hydrogen-bond acceptors (Lipinski definition) is 7. The smallest absolute Gasteiger partial charge is 0.308 e. The minimum Gasteiger partial charge on any atom is -0.481 e. The van der Waals surface area contributed by atoms with E-state index >= 15 is 0 Å². The molecule has 2 aromatic heterocycles. The van der Waals surface area contributed by atoms with Crippen molar-refractivity contribution in [3.05, 3.63) is 28.3 Å². The van der Waals surface area contributed by atoms with Gasteiger partial charge in [-0.05, 0) is 0 Å². The van der Waals surface area contributed by atoms with E-state index in [-0.39, 0.29) is 17.2 Å². The molecule has 0 unspecified atom stereocenters. The SMILES string of the molecule is COc1cc(-c2nc(N)c(CC(=O)O)c(=O)[nH]2)ncn1. The molecule has 0 saturated heterocycles. The Kier molecular flexibility index (Phi) is 3.60. The van der Waals surface area contributed by atoms with Crippen molar-refractivity contribution < 1.29 is 14.6 Å². The molecule has 2 aromatic rings. The first-order valence-corrected chi connectivity index (χ1v) is 5.48. The number of aromatic amines is 1. The van der Waals surface area contributed by atoms with Crippen molar-refractivity contribution in [2.24, 2.45) is 0 Å². The number of nitrogens with zero attached hydrogens (tertiary/aromatic N) is 3. The molecule has 2 rings (SSSR count). The number of hydrogen-bond donors (Lipinski definition) is 3. The molecular formula is C11H11N5O4. The molecule has 0 saturated carbocycles. The Bertz CT molecular complexity index is 712. The monoisotopic (exact) mass is 277 g/mol. The van der Waals surface area contributed by atoms with Crippen LogP contribution in [0.15, 0.2) is 17.2 Å². The van der Waals surface area contributed by atoms with E-state index in [1.54, 1.807) is 0 Å². The van der Waals surface area contributed by atoms with Crippen LogP contribution in [-0.2, 0) is 11.2 Å². The van der Waals surface area contributed by atoms with Crippen molar-refractivity contribution in [3.63, 3.8) is 0 Å². The van der Waals surface area contributed by atoms with Crippen LogP contribution in [0, 0.1) is 0 Å². The fourth-order valence-corrected chi connectivity index (χ4v) is 1.54. The van der Waals surface area contributed by atoms with E-state index in [0.29, 0.717) is 11.6 Å². The van der Waals surface area contributed by atoms with E-state index in [0.717, 1.165) is 0 Å². The van der Waals surface area contributed by atoms with Gasteiger partial charge in [0.15, 0.2) is 5.82 Å². The largest absolute Gasteiger partial charge is 0.481 e. The number of nitrogens with two attached hydrogens (primary N) is 1. The van der Waals surface area contributed by atoms with Crippen LogP contribution in [0.4, 0.5) is 5.82 Å². The summed E-state index contributed by atoms with van der Waals surface area (Å²) >= 11 is 0. The van der Waals surface area contributed by atoms with Gasteiger partial charge in [-0.1, -0.05) is 0 Å². The lowest BCUT2D eigenvalue weighted by Crippen LogP contribution is -2.21.